The van der Waals surface area contributed by atoms with E-state index < -0.39 is 0 Å². The number of thiocarbonyl (C=S) groups is 1. The Morgan fingerprint density at radius 1 is 1.21 bits per heavy atom. The molecule has 0 fully saturated rings. The summed E-state index contributed by atoms with van der Waals surface area (Å²) in [5.74, 6) is 0.995. The number of rotatable bonds is 5. The highest BCUT2D eigenvalue weighted by Crippen LogP contribution is 2.39. The molecule has 8 heteroatoms. The second-order valence-corrected chi connectivity index (χ2v) is 11.4. The SMILES string of the molecule is CC(C)Oc1cccc(-c2cc(C(=O)NC(=S)Nc3sc4c(c3C#N)CC[C@@H](C)C4)c3ccccc3n2)c1. The van der Waals surface area contributed by atoms with Gasteiger partial charge in [-0.05, 0) is 81.1 Å². The van der Waals surface area contributed by atoms with Gasteiger partial charge in [-0.1, -0.05) is 37.3 Å². The number of hydrogen-bond donors (Lipinski definition) is 2. The van der Waals surface area contributed by atoms with Crippen LogP contribution in [0, 0.1) is 17.2 Å². The molecule has 2 aromatic heterocycles. The summed E-state index contributed by atoms with van der Waals surface area (Å²) in [4.78, 5) is 19.5. The van der Waals surface area contributed by atoms with Gasteiger partial charge in [0.15, 0.2) is 5.11 Å². The average molecular weight is 541 g/mol. The lowest BCUT2D eigenvalue weighted by atomic mass is 9.89. The molecule has 38 heavy (non-hydrogen) atoms. The number of nitrogens with zero attached hydrogens (tertiary/aromatic N) is 2. The zero-order valence-corrected chi connectivity index (χ0v) is 23.1. The number of carbonyl (C=O) groups is 1. The van der Waals surface area contributed by atoms with Crippen LogP contribution in [0.3, 0.4) is 0 Å². The van der Waals surface area contributed by atoms with E-state index in [4.69, 9.17) is 21.9 Å². The lowest BCUT2D eigenvalue weighted by Crippen LogP contribution is -2.34. The maximum absolute atomic E-state index is 13.5. The summed E-state index contributed by atoms with van der Waals surface area (Å²) in [5, 5.41) is 17.3. The van der Waals surface area contributed by atoms with E-state index in [2.05, 4.69) is 23.6 Å². The van der Waals surface area contributed by atoms with E-state index >= 15 is 0 Å². The van der Waals surface area contributed by atoms with Crippen molar-refractivity contribution in [3.8, 4) is 23.1 Å². The molecule has 0 unspecified atom stereocenters. The summed E-state index contributed by atoms with van der Waals surface area (Å²) < 4.78 is 5.85. The summed E-state index contributed by atoms with van der Waals surface area (Å²) >= 11 is 7.07. The maximum Gasteiger partial charge on any atom is 0.258 e. The number of benzene rings is 2. The fraction of sp³-hybridized carbons (Fsp3) is 0.267. The fourth-order valence-corrected chi connectivity index (χ4v) is 6.40. The Balaban J connectivity index is 1.42. The number of amides is 1. The Labute approximate surface area is 231 Å². The number of nitrogens with one attached hydrogen (secondary N) is 2. The van der Waals surface area contributed by atoms with Crippen LogP contribution in [-0.2, 0) is 12.8 Å². The van der Waals surface area contributed by atoms with Crippen molar-refractivity contribution < 1.29 is 9.53 Å². The second kappa shape index (κ2) is 10.9. The Kier molecular flexibility index (Phi) is 7.41. The second-order valence-electron chi connectivity index (χ2n) is 9.84. The minimum absolute atomic E-state index is 0.0449. The van der Waals surface area contributed by atoms with Gasteiger partial charge in [0.25, 0.3) is 5.91 Å². The van der Waals surface area contributed by atoms with Gasteiger partial charge in [-0.15, -0.1) is 11.3 Å². The van der Waals surface area contributed by atoms with E-state index in [-0.39, 0.29) is 17.1 Å². The maximum atomic E-state index is 13.5. The van der Waals surface area contributed by atoms with Crippen molar-refractivity contribution in [2.45, 2.75) is 46.1 Å². The Hall–Kier alpha value is -3.80. The van der Waals surface area contributed by atoms with Crippen LogP contribution >= 0.6 is 23.6 Å². The van der Waals surface area contributed by atoms with Crippen LogP contribution in [0.1, 0.15) is 53.6 Å². The van der Waals surface area contributed by atoms with E-state index in [9.17, 15) is 10.1 Å². The molecular formula is C30H28N4O2S2. The number of fused-ring (bicyclic) bond motifs is 2. The van der Waals surface area contributed by atoms with Gasteiger partial charge < -0.3 is 10.1 Å². The normalized spacial score (nSPS) is 14.6. The number of anilines is 1. The van der Waals surface area contributed by atoms with Crippen LogP contribution in [0.4, 0.5) is 5.00 Å². The van der Waals surface area contributed by atoms with Crippen molar-refractivity contribution in [2.24, 2.45) is 5.92 Å². The van der Waals surface area contributed by atoms with Gasteiger partial charge in [-0.3, -0.25) is 10.1 Å². The number of thiophene rings is 1. The van der Waals surface area contributed by atoms with Crippen LogP contribution in [0.15, 0.2) is 54.6 Å². The molecule has 0 saturated heterocycles. The molecule has 5 rings (SSSR count). The van der Waals surface area contributed by atoms with E-state index in [1.165, 1.54) is 4.88 Å². The fourth-order valence-electron chi connectivity index (χ4n) is 4.77. The largest absolute Gasteiger partial charge is 0.491 e. The third kappa shape index (κ3) is 5.40. The lowest BCUT2D eigenvalue weighted by Gasteiger charge is -2.17. The zero-order valence-electron chi connectivity index (χ0n) is 21.5. The molecule has 0 radical (unpaired) electrons. The van der Waals surface area contributed by atoms with Crippen LogP contribution in [0.25, 0.3) is 22.2 Å². The highest BCUT2D eigenvalue weighted by Gasteiger charge is 2.25. The molecule has 1 atom stereocenters. The lowest BCUT2D eigenvalue weighted by molar-refractivity contribution is 0.0979. The first-order valence-electron chi connectivity index (χ1n) is 12.7. The van der Waals surface area contributed by atoms with Crippen molar-refractivity contribution in [1.82, 2.24) is 10.3 Å². The highest BCUT2D eigenvalue weighted by atomic mass is 32.1. The molecule has 0 spiro atoms. The predicted molar refractivity (Wildman–Crippen MR) is 157 cm³/mol. The van der Waals surface area contributed by atoms with Gasteiger partial charge in [0.1, 0.15) is 16.8 Å². The molecule has 2 aromatic carbocycles. The third-order valence-corrected chi connectivity index (χ3v) is 7.91. The van der Waals surface area contributed by atoms with Gasteiger partial charge in [-0.2, -0.15) is 5.26 Å². The van der Waals surface area contributed by atoms with E-state index in [1.807, 2.05) is 62.4 Å². The van der Waals surface area contributed by atoms with E-state index in [0.717, 1.165) is 41.5 Å². The molecule has 1 aliphatic carbocycles. The first kappa shape index (κ1) is 25.8. The summed E-state index contributed by atoms with van der Waals surface area (Å²) in [6.07, 6.45) is 2.98. The third-order valence-electron chi connectivity index (χ3n) is 6.54. The van der Waals surface area contributed by atoms with Gasteiger partial charge in [0.05, 0.1) is 28.4 Å². The van der Waals surface area contributed by atoms with Gasteiger partial charge in [0.2, 0.25) is 0 Å². The van der Waals surface area contributed by atoms with Crippen molar-refractivity contribution in [1.29, 1.82) is 5.26 Å². The number of nitriles is 1. The molecule has 4 aromatic rings. The standard InChI is InChI=1S/C30H28N4O2S2/c1-17(2)36-20-8-6-7-19(14-20)26-15-23(21-9-4-5-10-25(21)32-26)28(35)33-30(37)34-29-24(16-31)22-12-11-18(3)13-27(22)38-29/h4-10,14-15,17-18H,11-13H2,1-3H3,(H2,33,34,35,37)/t18-/m1/s1. The molecule has 0 bridgehead atoms. The summed E-state index contributed by atoms with van der Waals surface area (Å²) in [7, 11) is 0. The quantitative estimate of drug-likeness (QED) is 0.269. The molecular weight excluding hydrogens is 512 g/mol. The smallest absolute Gasteiger partial charge is 0.258 e. The predicted octanol–water partition coefficient (Wildman–Crippen LogP) is 6.87. The van der Waals surface area contributed by atoms with Crippen LogP contribution < -0.4 is 15.4 Å². The molecule has 1 amide bonds. The number of pyridine rings is 1. The Bertz CT molecular complexity index is 1590. The van der Waals surface area contributed by atoms with Crippen LogP contribution in [0.5, 0.6) is 5.75 Å². The van der Waals surface area contributed by atoms with Crippen LogP contribution in [0.2, 0.25) is 0 Å². The molecule has 0 saturated carbocycles. The topological polar surface area (TPSA) is 87.0 Å². The van der Waals surface area contributed by atoms with Gasteiger partial charge in [-0.25, -0.2) is 4.98 Å². The Morgan fingerprint density at radius 3 is 2.82 bits per heavy atom. The van der Waals surface area contributed by atoms with Crippen molar-refractivity contribution in [3.05, 3.63) is 76.2 Å². The van der Waals surface area contributed by atoms with Crippen molar-refractivity contribution in [2.75, 3.05) is 5.32 Å². The number of carbonyl (C=O) groups excluding carboxylic acids is 1. The summed E-state index contributed by atoms with van der Waals surface area (Å²) in [6, 6.07) is 19.3. The first-order valence-corrected chi connectivity index (χ1v) is 13.9. The molecule has 6 nitrogen and oxygen atoms in total. The summed E-state index contributed by atoms with van der Waals surface area (Å²) in [6.45, 7) is 6.19. The van der Waals surface area contributed by atoms with Crippen molar-refractivity contribution >= 4 is 50.5 Å². The first-order chi connectivity index (χ1) is 18.3. The summed E-state index contributed by atoms with van der Waals surface area (Å²) in [5.41, 5.74) is 4.42. The molecule has 2 heterocycles. The minimum Gasteiger partial charge on any atom is -0.491 e. The minimum atomic E-state index is -0.342. The van der Waals surface area contributed by atoms with Crippen LogP contribution in [-0.4, -0.2) is 22.1 Å². The highest BCUT2D eigenvalue weighted by molar-refractivity contribution is 7.80. The Morgan fingerprint density at radius 2 is 2.03 bits per heavy atom. The molecule has 192 valence electrons. The number of hydrogen-bond acceptors (Lipinski definition) is 6. The zero-order chi connectivity index (χ0) is 26.8. The molecule has 0 aliphatic heterocycles. The van der Waals surface area contributed by atoms with E-state index in [1.54, 1.807) is 17.4 Å². The van der Waals surface area contributed by atoms with Crippen molar-refractivity contribution in [3.63, 3.8) is 0 Å². The average Bonchev–Trinajstić information content (AvgIpc) is 3.23. The number of para-hydroxylation sites is 1. The number of aromatic nitrogens is 1. The van der Waals surface area contributed by atoms with Gasteiger partial charge >= 0.3 is 0 Å². The monoisotopic (exact) mass is 540 g/mol. The van der Waals surface area contributed by atoms with E-state index in [0.29, 0.717) is 33.3 Å². The number of ether oxygens (including phenoxy) is 1. The molecule has 1 aliphatic rings. The van der Waals surface area contributed by atoms with Gasteiger partial charge in [0, 0.05) is 15.8 Å². The molecule has 2 N–H and O–H groups in total.